The summed E-state index contributed by atoms with van der Waals surface area (Å²) in [7, 11) is 2.20. The topological polar surface area (TPSA) is 28.2 Å². The molecule has 0 aliphatic carbocycles. The highest BCUT2D eigenvalue weighted by Gasteiger charge is 2.42. The number of nitrogens with zero attached hydrogens (tertiary/aromatic N) is 3. The molecule has 0 amide bonds. The largest absolute Gasteiger partial charge is 0.346 e. The summed E-state index contributed by atoms with van der Waals surface area (Å²) >= 11 is 0. The van der Waals surface area contributed by atoms with Gasteiger partial charge in [-0.25, -0.2) is 0 Å². The molecule has 0 bridgehead atoms. The first-order valence-electron chi connectivity index (χ1n) is 7.17. The zero-order chi connectivity index (χ0) is 12.4. The van der Waals surface area contributed by atoms with E-state index in [0.717, 1.165) is 39.3 Å². The van der Waals surface area contributed by atoms with Crippen LogP contribution in [0.15, 0.2) is 0 Å². The monoisotopic (exact) mass is 255 g/mol. The summed E-state index contributed by atoms with van der Waals surface area (Å²) in [4.78, 5) is 7.46. The van der Waals surface area contributed by atoms with E-state index < -0.39 is 0 Å². The minimum atomic E-state index is -0.248. The zero-order valence-corrected chi connectivity index (χ0v) is 11.4. The van der Waals surface area contributed by atoms with Crippen LogP contribution in [0.1, 0.15) is 6.42 Å². The molecule has 3 heterocycles. The number of likely N-dealkylation sites (tertiary alicyclic amines) is 1. The van der Waals surface area contributed by atoms with Crippen molar-refractivity contribution in [1.29, 1.82) is 0 Å². The summed E-state index contributed by atoms with van der Waals surface area (Å²) in [5.74, 6) is -0.248. The predicted octanol–water partition coefficient (Wildman–Crippen LogP) is -0.317. The normalized spacial score (nSPS) is 30.5. The molecule has 5 nitrogen and oxygen atoms in total. The van der Waals surface area contributed by atoms with E-state index in [1.165, 1.54) is 32.7 Å². The van der Waals surface area contributed by atoms with Crippen molar-refractivity contribution in [2.75, 3.05) is 72.6 Å². The van der Waals surface area contributed by atoms with Gasteiger partial charge in [0, 0.05) is 52.2 Å². The highest BCUT2D eigenvalue weighted by Crippen LogP contribution is 2.30. The number of hydrogen-bond acceptors (Lipinski definition) is 5. The lowest BCUT2D eigenvalue weighted by atomic mass is 10.2. The fourth-order valence-electron chi connectivity index (χ4n) is 3.11. The highest BCUT2D eigenvalue weighted by atomic mass is 16.7. The molecule has 0 radical (unpaired) electrons. The van der Waals surface area contributed by atoms with Crippen LogP contribution in [0.3, 0.4) is 0 Å². The molecular weight excluding hydrogens is 230 g/mol. The summed E-state index contributed by atoms with van der Waals surface area (Å²) < 4.78 is 11.5. The Bertz CT molecular complexity index is 273. The first-order chi connectivity index (χ1) is 8.76. The van der Waals surface area contributed by atoms with Gasteiger partial charge in [0.15, 0.2) is 5.79 Å². The van der Waals surface area contributed by atoms with Crippen LogP contribution in [0.4, 0.5) is 0 Å². The molecule has 0 aromatic heterocycles. The van der Waals surface area contributed by atoms with Gasteiger partial charge in [0.25, 0.3) is 0 Å². The molecule has 104 valence electrons. The van der Waals surface area contributed by atoms with Gasteiger partial charge >= 0.3 is 0 Å². The van der Waals surface area contributed by atoms with Crippen LogP contribution < -0.4 is 0 Å². The maximum atomic E-state index is 5.75. The first kappa shape index (κ1) is 12.8. The van der Waals surface area contributed by atoms with Crippen LogP contribution >= 0.6 is 0 Å². The Morgan fingerprint density at radius 3 is 2.28 bits per heavy atom. The molecule has 3 fully saturated rings. The number of ether oxygens (including phenoxy) is 2. The minimum Gasteiger partial charge on any atom is -0.346 e. The number of rotatable bonds is 3. The van der Waals surface area contributed by atoms with Gasteiger partial charge in [-0.15, -0.1) is 0 Å². The Morgan fingerprint density at radius 1 is 0.889 bits per heavy atom. The van der Waals surface area contributed by atoms with Crippen LogP contribution in [0.25, 0.3) is 0 Å². The standard InChI is InChI=1S/C13H25N3O2/c1-14-4-6-15(7-5-14)8-9-16-3-2-13(12-16)17-10-11-18-13/h2-12H2,1H3. The lowest BCUT2D eigenvalue weighted by molar-refractivity contribution is -0.145. The molecule has 0 aromatic carbocycles. The van der Waals surface area contributed by atoms with Gasteiger partial charge in [0.1, 0.15) is 0 Å². The molecular formula is C13H25N3O2. The van der Waals surface area contributed by atoms with E-state index in [9.17, 15) is 0 Å². The summed E-state index contributed by atoms with van der Waals surface area (Å²) in [6, 6.07) is 0. The van der Waals surface area contributed by atoms with E-state index in [2.05, 4.69) is 21.7 Å². The van der Waals surface area contributed by atoms with Crippen molar-refractivity contribution in [3.8, 4) is 0 Å². The Kier molecular flexibility index (Phi) is 3.86. The second-order valence-electron chi connectivity index (χ2n) is 5.78. The summed E-state index contributed by atoms with van der Waals surface area (Å²) in [6.45, 7) is 10.8. The number of piperazine rings is 1. The molecule has 1 spiro atoms. The average Bonchev–Trinajstić information content (AvgIpc) is 3.00. The van der Waals surface area contributed by atoms with E-state index in [4.69, 9.17) is 9.47 Å². The molecule has 3 saturated heterocycles. The molecule has 0 N–H and O–H groups in total. The van der Waals surface area contributed by atoms with Crippen molar-refractivity contribution in [3.05, 3.63) is 0 Å². The minimum absolute atomic E-state index is 0.248. The van der Waals surface area contributed by atoms with E-state index in [1.807, 2.05) is 0 Å². The summed E-state index contributed by atoms with van der Waals surface area (Å²) in [5, 5.41) is 0. The molecule has 3 rings (SSSR count). The second-order valence-corrected chi connectivity index (χ2v) is 5.78. The van der Waals surface area contributed by atoms with Crippen molar-refractivity contribution >= 4 is 0 Å². The Morgan fingerprint density at radius 2 is 1.56 bits per heavy atom. The molecule has 3 aliphatic rings. The van der Waals surface area contributed by atoms with Gasteiger partial charge in [0.2, 0.25) is 0 Å². The third-order valence-corrected chi connectivity index (χ3v) is 4.42. The van der Waals surface area contributed by atoms with E-state index in [0.29, 0.717) is 0 Å². The molecule has 0 atom stereocenters. The van der Waals surface area contributed by atoms with Gasteiger partial charge in [-0.3, -0.25) is 9.80 Å². The van der Waals surface area contributed by atoms with Crippen LogP contribution in [0.2, 0.25) is 0 Å². The second kappa shape index (κ2) is 5.43. The number of likely N-dealkylation sites (N-methyl/N-ethyl adjacent to an activating group) is 1. The lowest BCUT2D eigenvalue weighted by Gasteiger charge is -2.33. The molecule has 0 aromatic rings. The van der Waals surface area contributed by atoms with Gasteiger partial charge in [-0.2, -0.15) is 0 Å². The molecule has 5 heteroatoms. The molecule has 3 aliphatic heterocycles. The van der Waals surface area contributed by atoms with Crippen LogP contribution in [-0.2, 0) is 9.47 Å². The third kappa shape index (κ3) is 2.86. The SMILES string of the molecule is CN1CCN(CCN2CCC3(C2)OCCO3)CC1. The quantitative estimate of drug-likeness (QED) is 0.689. The predicted molar refractivity (Wildman–Crippen MR) is 69.6 cm³/mol. The van der Waals surface area contributed by atoms with Crippen LogP contribution in [0, 0.1) is 0 Å². The summed E-state index contributed by atoms with van der Waals surface area (Å²) in [5.41, 5.74) is 0. The van der Waals surface area contributed by atoms with Gasteiger partial charge < -0.3 is 14.4 Å². The third-order valence-electron chi connectivity index (χ3n) is 4.42. The average molecular weight is 255 g/mol. The highest BCUT2D eigenvalue weighted by molar-refractivity contribution is 4.87. The van der Waals surface area contributed by atoms with Gasteiger partial charge in [-0.05, 0) is 7.05 Å². The fraction of sp³-hybridized carbons (Fsp3) is 1.00. The van der Waals surface area contributed by atoms with E-state index in [1.54, 1.807) is 0 Å². The van der Waals surface area contributed by atoms with Crippen molar-refractivity contribution < 1.29 is 9.47 Å². The van der Waals surface area contributed by atoms with Gasteiger partial charge in [0.05, 0.1) is 19.8 Å². The maximum absolute atomic E-state index is 5.75. The van der Waals surface area contributed by atoms with Crippen LogP contribution in [0.5, 0.6) is 0 Å². The Hall–Kier alpha value is -0.200. The smallest absolute Gasteiger partial charge is 0.182 e. The molecule has 18 heavy (non-hydrogen) atoms. The van der Waals surface area contributed by atoms with E-state index in [-0.39, 0.29) is 5.79 Å². The number of hydrogen-bond donors (Lipinski definition) is 0. The van der Waals surface area contributed by atoms with Crippen molar-refractivity contribution in [1.82, 2.24) is 14.7 Å². The van der Waals surface area contributed by atoms with Crippen molar-refractivity contribution in [2.24, 2.45) is 0 Å². The Labute approximate surface area is 110 Å². The zero-order valence-electron chi connectivity index (χ0n) is 11.4. The lowest BCUT2D eigenvalue weighted by Crippen LogP contribution is -2.47. The fourth-order valence-corrected chi connectivity index (χ4v) is 3.11. The van der Waals surface area contributed by atoms with E-state index >= 15 is 0 Å². The van der Waals surface area contributed by atoms with Gasteiger partial charge in [-0.1, -0.05) is 0 Å². The Balaban J connectivity index is 1.39. The summed E-state index contributed by atoms with van der Waals surface area (Å²) in [6.07, 6.45) is 1.04. The first-order valence-corrected chi connectivity index (χ1v) is 7.17. The molecule has 0 unspecified atom stereocenters. The maximum Gasteiger partial charge on any atom is 0.182 e. The van der Waals surface area contributed by atoms with Crippen molar-refractivity contribution in [2.45, 2.75) is 12.2 Å². The van der Waals surface area contributed by atoms with Crippen molar-refractivity contribution in [3.63, 3.8) is 0 Å². The van der Waals surface area contributed by atoms with Crippen LogP contribution in [-0.4, -0.2) is 93.1 Å². The molecule has 0 saturated carbocycles.